The Morgan fingerprint density at radius 1 is 1.25 bits per heavy atom. The lowest BCUT2D eigenvalue weighted by Gasteiger charge is -2.39. The number of rotatable bonds is 8. The smallest absolute Gasteiger partial charge is 0.329 e. The normalized spacial score (nSPS) is 11.6. The van der Waals surface area contributed by atoms with Gasteiger partial charge in [-0.15, -0.1) is 0 Å². The Balaban J connectivity index is 5.16. The summed E-state index contributed by atoms with van der Waals surface area (Å²) in [6.45, 7) is 7.97. The third kappa shape index (κ3) is 4.37. The van der Waals surface area contributed by atoms with Crippen molar-refractivity contribution in [2.24, 2.45) is 0 Å². The first kappa shape index (κ1) is 18.7. The van der Waals surface area contributed by atoms with Crippen molar-refractivity contribution < 1.29 is 19.4 Å². The SMILES string of the molecule is CCC(CC)N(CCOC)C(=O)N(C)C(C)(C)C(=O)O. The van der Waals surface area contributed by atoms with Crippen LogP contribution in [-0.2, 0) is 9.53 Å². The lowest BCUT2D eigenvalue weighted by molar-refractivity contribution is -0.147. The fourth-order valence-electron chi connectivity index (χ4n) is 1.93. The maximum absolute atomic E-state index is 12.6. The molecular formula is C14H28N2O4. The molecule has 0 bridgehead atoms. The van der Waals surface area contributed by atoms with Crippen molar-refractivity contribution in [2.75, 3.05) is 27.3 Å². The predicted molar refractivity (Wildman–Crippen MR) is 77.8 cm³/mol. The van der Waals surface area contributed by atoms with E-state index in [1.54, 1.807) is 12.0 Å². The number of urea groups is 1. The van der Waals surface area contributed by atoms with Crippen molar-refractivity contribution >= 4 is 12.0 Å². The molecule has 0 aliphatic heterocycles. The minimum absolute atomic E-state index is 0.0877. The molecule has 0 fully saturated rings. The summed E-state index contributed by atoms with van der Waals surface area (Å²) in [5.74, 6) is -1.02. The summed E-state index contributed by atoms with van der Waals surface area (Å²) < 4.78 is 5.05. The highest BCUT2D eigenvalue weighted by Crippen LogP contribution is 2.18. The van der Waals surface area contributed by atoms with Gasteiger partial charge in [-0.1, -0.05) is 13.8 Å². The highest BCUT2D eigenvalue weighted by atomic mass is 16.5. The van der Waals surface area contributed by atoms with Crippen LogP contribution in [0.1, 0.15) is 40.5 Å². The number of nitrogens with zero attached hydrogens (tertiary/aromatic N) is 2. The van der Waals surface area contributed by atoms with E-state index in [1.165, 1.54) is 25.8 Å². The largest absolute Gasteiger partial charge is 0.480 e. The van der Waals surface area contributed by atoms with Crippen LogP contribution in [0, 0.1) is 0 Å². The van der Waals surface area contributed by atoms with E-state index in [-0.39, 0.29) is 12.1 Å². The van der Waals surface area contributed by atoms with Crippen LogP contribution in [0.25, 0.3) is 0 Å². The molecule has 0 saturated heterocycles. The maximum atomic E-state index is 12.6. The fourth-order valence-corrected chi connectivity index (χ4v) is 1.93. The van der Waals surface area contributed by atoms with E-state index in [4.69, 9.17) is 4.74 Å². The van der Waals surface area contributed by atoms with Gasteiger partial charge in [0.15, 0.2) is 0 Å². The predicted octanol–water partition coefficient (Wildman–Crippen LogP) is 2.04. The van der Waals surface area contributed by atoms with Crippen molar-refractivity contribution in [3.8, 4) is 0 Å². The molecule has 118 valence electrons. The molecule has 1 N–H and O–H groups in total. The van der Waals surface area contributed by atoms with Crippen LogP contribution in [0.4, 0.5) is 4.79 Å². The first-order chi connectivity index (χ1) is 9.23. The Labute approximate surface area is 121 Å². The quantitative estimate of drug-likeness (QED) is 0.742. The molecule has 20 heavy (non-hydrogen) atoms. The number of carboxylic acid groups (broad SMARTS) is 1. The molecule has 0 unspecified atom stereocenters. The van der Waals surface area contributed by atoms with Gasteiger partial charge in [-0.25, -0.2) is 9.59 Å². The minimum Gasteiger partial charge on any atom is -0.480 e. The van der Waals surface area contributed by atoms with Crippen LogP contribution in [0.3, 0.4) is 0 Å². The summed E-state index contributed by atoms with van der Waals surface area (Å²) in [7, 11) is 3.11. The molecule has 2 amide bonds. The van der Waals surface area contributed by atoms with Gasteiger partial charge in [-0.05, 0) is 26.7 Å². The standard InChI is InChI=1S/C14H28N2O4/c1-7-11(8-2)16(9-10-20-6)13(19)15(5)14(3,4)12(17)18/h11H,7-10H2,1-6H3,(H,17,18). The molecule has 0 aliphatic rings. The van der Waals surface area contributed by atoms with Gasteiger partial charge in [0.1, 0.15) is 5.54 Å². The van der Waals surface area contributed by atoms with Crippen LogP contribution >= 0.6 is 0 Å². The third-order valence-corrected chi connectivity index (χ3v) is 3.81. The maximum Gasteiger partial charge on any atom is 0.329 e. The summed E-state index contributed by atoms with van der Waals surface area (Å²) in [6.07, 6.45) is 1.65. The van der Waals surface area contributed by atoms with Crippen molar-refractivity contribution in [1.82, 2.24) is 9.80 Å². The second kappa shape index (κ2) is 8.09. The monoisotopic (exact) mass is 288 g/mol. The zero-order valence-corrected chi connectivity index (χ0v) is 13.5. The number of carbonyl (C=O) groups is 2. The Morgan fingerprint density at radius 3 is 2.10 bits per heavy atom. The molecule has 6 heteroatoms. The van der Waals surface area contributed by atoms with Gasteiger partial charge < -0.3 is 19.6 Å². The lowest BCUT2D eigenvalue weighted by atomic mass is 10.0. The minimum atomic E-state index is -1.24. The van der Waals surface area contributed by atoms with Gasteiger partial charge in [0.25, 0.3) is 0 Å². The Bertz CT molecular complexity index is 327. The number of ether oxygens (including phenoxy) is 1. The molecule has 6 nitrogen and oxygen atoms in total. The third-order valence-electron chi connectivity index (χ3n) is 3.81. The van der Waals surface area contributed by atoms with Crippen LogP contribution in [-0.4, -0.2) is 65.8 Å². The number of hydrogen-bond acceptors (Lipinski definition) is 3. The number of methoxy groups -OCH3 is 1. The number of hydrogen-bond donors (Lipinski definition) is 1. The Hall–Kier alpha value is -1.30. The van der Waals surface area contributed by atoms with Crippen molar-refractivity contribution in [2.45, 2.75) is 52.1 Å². The van der Waals surface area contributed by atoms with E-state index in [0.29, 0.717) is 13.2 Å². The van der Waals surface area contributed by atoms with E-state index in [2.05, 4.69) is 0 Å². The van der Waals surface area contributed by atoms with Crippen molar-refractivity contribution in [3.63, 3.8) is 0 Å². The zero-order valence-electron chi connectivity index (χ0n) is 13.5. The number of carbonyl (C=O) groups excluding carboxylic acids is 1. The van der Waals surface area contributed by atoms with Crippen LogP contribution in [0.2, 0.25) is 0 Å². The van der Waals surface area contributed by atoms with E-state index in [9.17, 15) is 14.7 Å². The molecular weight excluding hydrogens is 260 g/mol. The van der Waals surface area contributed by atoms with Crippen LogP contribution in [0.15, 0.2) is 0 Å². The summed E-state index contributed by atoms with van der Waals surface area (Å²) >= 11 is 0. The molecule has 0 aliphatic carbocycles. The molecule has 0 spiro atoms. The topological polar surface area (TPSA) is 70.1 Å². The van der Waals surface area contributed by atoms with Gasteiger partial charge in [0.2, 0.25) is 0 Å². The lowest BCUT2D eigenvalue weighted by Crippen LogP contribution is -2.57. The van der Waals surface area contributed by atoms with Gasteiger partial charge in [0, 0.05) is 26.7 Å². The van der Waals surface area contributed by atoms with Crippen LogP contribution in [0.5, 0.6) is 0 Å². The second-order valence-corrected chi connectivity index (χ2v) is 5.36. The Morgan fingerprint density at radius 2 is 1.75 bits per heavy atom. The average Bonchev–Trinajstić information content (AvgIpc) is 2.41. The van der Waals surface area contributed by atoms with Gasteiger partial charge in [-0.3, -0.25) is 0 Å². The molecule has 0 aromatic rings. The Kier molecular flexibility index (Phi) is 7.57. The van der Waals surface area contributed by atoms with E-state index >= 15 is 0 Å². The highest BCUT2D eigenvalue weighted by Gasteiger charge is 2.38. The molecule has 0 radical (unpaired) electrons. The molecule has 0 saturated carbocycles. The number of carboxylic acids is 1. The van der Waals surface area contributed by atoms with Gasteiger partial charge in [-0.2, -0.15) is 0 Å². The van der Waals surface area contributed by atoms with E-state index < -0.39 is 11.5 Å². The first-order valence-electron chi connectivity index (χ1n) is 7.00. The van der Waals surface area contributed by atoms with Crippen molar-refractivity contribution in [3.05, 3.63) is 0 Å². The highest BCUT2D eigenvalue weighted by molar-refractivity contribution is 5.85. The summed E-state index contributed by atoms with van der Waals surface area (Å²) in [5, 5.41) is 9.23. The van der Waals surface area contributed by atoms with Gasteiger partial charge >= 0.3 is 12.0 Å². The first-order valence-corrected chi connectivity index (χ1v) is 7.00. The molecule has 0 atom stereocenters. The molecule has 0 aromatic heterocycles. The van der Waals surface area contributed by atoms with E-state index in [0.717, 1.165) is 12.8 Å². The van der Waals surface area contributed by atoms with Gasteiger partial charge in [0.05, 0.1) is 6.61 Å². The number of amides is 2. The number of aliphatic carboxylic acids is 1. The number of likely N-dealkylation sites (N-methyl/N-ethyl adjacent to an activating group) is 1. The molecule has 0 rings (SSSR count). The average molecular weight is 288 g/mol. The summed E-state index contributed by atoms with van der Waals surface area (Å²) in [5.41, 5.74) is -1.24. The summed E-state index contributed by atoms with van der Waals surface area (Å²) in [6, 6.07) is -0.187. The molecule has 0 aromatic carbocycles. The second-order valence-electron chi connectivity index (χ2n) is 5.36. The van der Waals surface area contributed by atoms with E-state index in [1.807, 2.05) is 13.8 Å². The zero-order chi connectivity index (χ0) is 15.9. The summed E-state index contributed by atoms with van der Waals surface area (Å²) in [4.78, 5) is 26.9. The van der Waals surface area contributed by atoms with Crippen molar-refractivity contribution in [1.29, 1.82) is 0 Å². The molecule has 0 heterocycles. The fraction of sp³-hybridized carbons (Fsp3) is 0.857. The van der Waals surface area contributed by atoms with Crippen LogP contribution < -0.4 is 0 Å².